The molecule has 0 radical (unpaired) electrons. The molecule has 1 unspecified atom stereocenters. The molecule has 2 N–H and O–H groups in total. The molecule has 16 heavy (non-hydrogen) atoms. The van der Waals surface area contributed by atoms with Crippen molar-refractivity contribution < 1.29 is 0 Å². The quantitative estimate of drug-likeness (QED) is 0.771. The molecule has 1 atom stereocenters. The zero-order valence-electron chi connectivity index (χ0n) is 10.6. The normalized spacial score (nSPS) is 12.6. The van der Waals surface area contributed by atoms with E-state index in [4.69, 9.17) is 0 Å². The van der Waals surface area contributed by atoms with Gasteiger partial charge in [-0.2, -0.15) is 0 Å². The van der Waals surface area contributed by atoms with Gasteiger partial charge >= 0.3 is 0 Å². The van der Waals surface area contributed by atoms with Crippen LogP contribution in [0.5, 0.6) is 0 Å². The van der Waals surface area contributed by atoms with E-state index in [1.54, 1.807) is 0 Å². The molecule has 0 fully saturated rings. The lowest BCUT2D eigenvalue weighted by molar-refractivity contribution is 0.390. The van der Waals surface area contributed by atoms with E-state index in [9.17, 15) is 0 Å². The van der Waals surface area contributed by atoms with Crippen LogP contribution in [0.15, 0.2) is 18.2 Å². The highest BCUT2D eigenvalue weighted by Gasteiger charge is 2.03. The minimum atomic E-state index is 0.432. The monoisotopic (exact) mass is 222 g/mol. The highest BCUT2D eigenvalue weighted by molar-refractivity contribution is 5.45. The van der Waals surface area contributed by atoms with Gasteiger partial charge in [0.05, 0.1) is 0 Å². The Morgan fingerprint density at radius 2 is 2.00 bits per heavy atom. The summed E-state index contributed by atoms with van der Waals surface area (Å²) in [7, 11) is 6.06. The van der Waals surface area contributed by atoms with Gasteiger partial charge in [-0.25, -0.2) is 4.98 Å². The van der Waals surface area contributed by atoms with Crippen molar-refractivity contribution in [1.29, 1.82) is 0 Å². The number of nitrogens with one attached hydrogen (secondary N) is 2. The molecular weight excluding hydrogens is 200 g/mol. The first-order chi connectivity index (χ1) is 7.61. The maximum atomic E-state index is 4.42. The standard InChI is InChI=1S/C12H22N4/c1-10(8-9-16(3)4)14-12-7-5-6-11(13-2)15-12/h5-7,10H,8-9H2,1-4H3,(H2,13,14,15). The topological polar surface area (TPSA) is 40.2 Å². The molecule has 0 aliphatic heterocycles. The second kappa shape index (κ2) is 6.33. The second-order valence-electron chi connectivity index (χ2n) is 4.30. The van der Waals surface area contributed by atoms with E-state index in [1.165, 1.54) is 0 Å². The largest absolute Gasteiger partial charge is 0.373 e. The van der Waals surface area contributed by atoms with E-state index < -0.39 is 0 Å². The maximum Gasteiger partial charge on any atom is 0.128 e. The Balaban J connectivity index is 2.45. The third-order valence-electron chi connectivity index (χ3n) is 2.41. The first-order valence-electron chi connectivity index (χ1n) is 5.68. The lowest BCUT2D eigenvalue weighted by Crippen LogP contribution is -2.23. The zero-order valence-corrected chi connectivity index (χ0v) is 10.6. The molecule has 0 aliphatic carbocycles. The van der Waals surface area contributed by atoms with E-state index in [2.05, 4.69) is 41.5 Å². The van der Waals surface area contributed by atoms with Crippen molar-refractivity contribution in [3.8, 4) is 0 Å². The summed E-state index contributed by atoms with van der Waals surface area (Å²) in [4.78, 5) is 6.61. The van der Waals surface area contributed by atoms with Crippen LogP contribution >= 0.6 is 0 Å². The van der Waals surface area contributed by atoms with E-state index >= 15 is 0 Å². The summed E-state index contributed by atoms with van der Waals surface area (Å²) in [6.45, 7) is 3.26. The average Bonchev–Trinajstić information content (AvgIpc) is 2.26. The SMILES string of the molecule is CNc1cccc(NC(C)CCN(C)C)n1. The lowest BCUT2D eigenvalue weighted by Gasteiger charge is -2.17. The third kappa shape index (κ3) is 4.49. The molecule has 1 heterocycles. The Morgan fingerprint density at radius 1 is 1.31 bits per heavy atom. The Labute approximate surface area is 98.1 Å². The first-order valence-corrected chi connectivity index (χ1v) is 5.68. The van der Waals surface area contributed by atoms with E-state index in [-0.39, 0.29) is 0 Å². The predicted molar refractivity (Wildman–Crippen MR) is 70.0 cm³/mol. The van der Waals surface area contributed by atoms with Gasteiger partial charge in [0.25, 0.3) is 0 Å². The fourth-order valence-corrected chi connectivity index (χ4v) is 1.43. The van der Waals surface area contributed by atoms with Gasteiger partial charge in [-0.1, -0.05) is 6.07 Å². The smallest absolute Gasteiger partial charge is 0.128 e. The molecule has 0 saturated heterocycles. The summed E-state index contributed by atoms with van der Waals surface area (Å²) < 4.78 is 0. The van der Waals surface area contributed by atoms with Crippen molar-refractivity contribution in [3.63, 3.8) is 0 Å². The fourth-order valence-electron chi connectivity index (χ4n) is 1.43. The molecule has 1 aromatic rings. The van der Waals surface area contributed by atoms with Gasteiger partial charge in [-0.05, 0) is 46.1 Å². The molecule has 0 aromatic carbocycles. The number of hydrogen-bond donors (Lipinski definition) is 2. The highest BCUT2D eigenvalue weighted by Crippen LogP contribution is 2.10. The molecule has 0 saturated carbocycles. The van der Waals surface area contributed by atoms with Gasteiger partial charge in [0.2, 0.25) is 0 Å². The van der Waals surface area contributed by atoms with Gasteiger partial charge in [-0.15, -0.1) is 0 Å². The van der Waals surface area contributed by atoms with Crippen LogP contribution in [0.1, 0.15) is 13.3 Å². The maximum absolute atomic E-state index is 4.42. The van der Waals surface area contributed by atoms with Gasteiger partial charge in [-0.3, -0.25) is 0 Å². The summed E-state index contributed by atoms with van der Waals surface area (Å²) >= 11 is 0. The van der Waals surface area contributed by atoms with Crippen molar-refractivity contribution >= 4 is 11.6 Å². The van der Waals surface area contributed by atoms with Crippen LogP contribution < -0.4 is 10.6 Å². The van der Waals surface area contributed by atoms with Crippen LogP contribution in [0.3, 0.4) is 0 Å². The summed E-state index contributed by atoms with van der Waals surface area (Å²) in [5.41, 5.74) is 0. The molecule has 0 spiro atoms. The zero-order chi connectivity index (χ0) is 12.0. The van der Waals surface area contributed by atoms with Crippen LogP contribution in [-0.2, 0) is 0 Å². The Bertz CT molecular complexity index is 312. The number of pyridine rings is 1. The highest BCUT2D eigenvalue weighted by atomic mass is 15.1. The number of rotatable bonds is 6. The van der Waals surface area contributed by atoms with Crippen LogP contribution in [-0.4, -0.2) is 43.6 Å². The predicted octanol–water partition coefficient (Wildman–Crippen LogP) is 1.88. The molecule has 0 bridgehead atoms. The fraction of sp³-hybridized carbons (Fsp3) is 0.583. The van der Waals surface area contributed by atoms with Crippen molar-refractivity contribution in [2.45, 2.75) is 19.4 Å². The van der Waals surface area contributed by atoms with Gasteiger partial charge in [0.1, 0.15) is 11.6 Å². The number of aromatic nitrogens is 1. The molecular formula is C12H22N4. The van der Waals surface area contributed by atoms with Gasteiger partial charge in [0.15, 0.2) is 0 Å². The van der Waals surface area contributed by atoms with E-state index in [0.29, 0.717) is 6.04 Å². The molecule has 1 aromatic heterocycles. The number of anilines is 2. The third-order valence-corrected chi connectivity index (χ3v) is 2.41. The van der Waals surface area contributed by atoms with Crippen LogP contribution in [0.4, 0.5) is 11.6 Å². The Morgan fingerprint density at radius 3 is 2.62 bits per heavy atom. The molecule has 4 nitrogen and oxygen atoms in total. The van der Waals surface area contributed by atoms with Gasteiger partial charge < -0.3 is 15.5 Å². The number of hydrogen-bond acceptors (Lipinski definition) is 4. The van der Waals surface area contributed by atoms with Gasteiger partial charge in [0, 0.05) is 13.1 Å². The molecule has 1 rings (SSSR count). The summed E-state index contributed by atoms with van der Waals surface area (Å²) in [6, 6.07) is 6.38. The van der Waals surface area contributed by atoms with Crippen LogP contribution in [0.25, 0.3) is 0 Å². The van der Waals surface area contributed by atoms with Crippen LogP contribution in [0.2, 0.25) is 0 Å². The Kier molecular flexibility index (Phi) is 5.05. The summed E-state index contributed by atoms with van der Waals surface area (Å²) in [5.74, 6) is 1.82. The van der Waals surface area contributed by atoms with Crippen molar-refractivity contribution in [3.05, 3.63) is 18.2 Å². The van der Waals surface area contributed by atoms with Crippen molar-refractivity contribution in [2.24, 2.45) is 0 Å². The van der Waals surface area contributed by atoms with E-state index in [0.717, 1.165) is 24.6 Å². The Hall–Kier alpha value is -1.29. The number of nitrogens with zero attached hydrogens (tertiary/aromatic N) is 2. The average molecular weight is 222 g/mol. The molecule has 90 valence electrons. The first kappa shape index (κ1) is 12.8. The summed E-state index contributed by atoms with van der Waals surface area (Å²) in [5, 5.41) is 6.43. The lowest BCUT2D eigenvalue weighted by atomic mass is 10.2. The minimum absolute atomic E-state index is 0.432. The summed E-state index contributed by atoms with van der Waals surface area (Å²) in [6.07, 6.45) is 1.11. The molecule has 0 aliphatic rings. The second-order valence-corrected chi connectivity index (χ2v) is 4.30. The minimum Gasteiger partial charge on any atom is -0.373 e. The van der Waals surface area contributed by atoms with Crippen molar-refractivity contribution in [1.82, 2.24) is 9.88 Å². The van der Waals surface area contributed by atoms with E-state index in [1.807, 2.05) is 25.2 Å². The molecule has 0 amide bonds. The molecule has 4 heteroatoms. The van der Waals surface area contributed by atoms with Crippen molar-refractivity contribution in [2.75, 3.05) is 38.3 Å². The van der Waals surface area contributed by atoms with Crippen LogP contribution in [0, 0.1) is 0 Å².